The minimum absolute atomic E-state index is 0.229. The molecule has 1 saturated carbocycles. The summed E-state index contributed by atoms with van der Waals surface area (Å²) >= 11 is 5.92. The summed E-state index contributed by atoms with van der Waals surface area (Å²) in [7, 11) is 0. The van der Waals surface area contributed by atoms with Crippen molar-refractivity contribution < 1.29 is 0 Å². The van der Waals surface area contributed by atoms with E-state index >= 15 is 0 Å². The molecule has 2 rings (SSSR count). The highest BCUT2D eigenvalue weighted by molar-refractivity contribution is 6.28. The van der Waals surface area contributed by atoms with Crippen LogP contribution in [0.2, 0.25) is 5.28 Å². The Labute approximate surface area is 119 Å². The van der Waals surface area contributed by atoms with Gasteiger partial charge in [-0.25, -0.2) is 0 Å². The van der Waals surface area contributed by atoms with E-state index in [-0.39, 0.29) is 5.28 Å². The van der Waals surface area contributed by atoms with Crippen LogP contribution in [0.15, 0.2) is 0 Å². The van der Waals surface area contributed by atoms with Crippen molar-refractivity contribution in [3.63, 3.8) is 0 Å². The number of hydrogen-bond donors (Lipinski definition) is 2. The molecule has 1 aliphatic carbocycles. The minimum atomic E-state index is 0.229. The van der Waals surface area contributed by atoms with Crippen molar-refractivity contribution >= 4 is 23.5 Å². The number of hydrogen-bond acceptors (Lipinski definition) is 5. The molecule has 0 aromatic carbocycles. The van der Waals surface area contributed by atoms with Gasteiger partial charge in [-0.05, 0) is 36.3 Å². The first-order valence-corrected chi connectivity index (χ1v) is 7.38. The van der Waals surface area contributed by atoms with Crippen molar-refractivity contribution in [2.45, 2.75) is 46.0 Å². The maximum Gasteiger partial charge on any atom is 0.228 e. The molecule has 0 atom stereocenters. The molecule has 0 spiro atoms. The smallest absolute Gasteiger partial charge is 0.228 e. The summed E-state index contributed by atoms with van der Waals surface area (Å²) in [6.07, 6.45) is 6.18. The van der Waals surface area contributed by atoms with Crippen molar-refractivity contribution in [1.82, 2.24) is 15.0 Å². The number of aromatic nitrogens is 3. The molecule has 19 heavy (non-hydrogen) atoms. The molecule has 6 heteroatoms. The van der Waals surface area contributed by atoms with Gasteiger partial charge in [-0.2, -0.15) is 15.0 Å². The predicted molar refractivity (Wildman–Crippen MR) is 78.7 cm³/mol. The van der Waals surface area contributed by atoms with E-state index in [1.807, 2.05) is 0 Å². The molecule has 1 aliphatic rings. The summed E-state index contributed by atoms with van der Waals surface area (Å²) in [6, 6.07) is 0. The van der Waals surface area contributed by atoms with Gasteiger partial charge in [0.05, 0.1) is 0 Å². The van der Waals surface area contributed by atoms with Crippen molar-refractivity contribution in [3.05, 3.63) is 5.28 Å². The summed E-state index contributed by atoms with van der Waals surface area (Å²) in [4.78, 5) is 12.5. The van der Waals surface area contributed by atoms with Crippen molar-refractivity contribution in [1.29, 1.82) is 0 Å². The lowest BCUT2D eigenvalue weighted by molar-refractivity contribution is 0.361. The van der Waals surface area contributed by atoms with E-state index < -0.39 is 0 Å². The highest BCUT2D eigenvalue weighted by Crippen LogP contribution is 2.37. The van der Waals surface area contributed by atoms with E-state index in [2.05, 4.69) is 39.4 Å². The first-order chi connectivity index (χ1) is 9.11. The van der Waals surface area contributed by atoms with Gasteiger partial charge < -0.3 is 10.6 Å². The Bertz CT molecular complexity index is 417. The van der Waals surface area contributed by atoms with E-state index in [4.69, 9.17) is 11.6 Å². The van der Waals surface area contributed by atoms with Crippen molar-refractivity contribution in [3.8, 4) is 0 Å². The molecule has 1 heterocycles. The van der Waals surface area contributed by atoms with Gasteiger partial charge in [0.25, 0.3) is 0 Å². The van der Waals surface area contributed by atoms with Gasteiger partial charge in [-0.3, -0.25) is 0 Å². The second-order valence-corrected chi connectivity index (χ2v) is 5.89. The number of anilines is 2. The van der Waals surface area contributed by atoms with Gasteiger partial charge in [0, 0.05) is 13.1 Å². The Morgan fingerprint density at radius 3 is 2.37 bits per heavy atom. The van der Waals surface area contributed by atoms with Crippen LogP contribution in [-0.2, 0) is 0 Å². The van der Waals surface area contributed by atoms with Gasteiger partial charge in [0.1, 0.15) is 0 Å². The van der Waals surface area contributed by atoms with Crippen LogP contribution in [0.5, 0.6) is 0 Å². The van der Waals surface area contributed by atoms with Crippen LogP contribution >= 0.6 is 11.6 Å². The second kappa shape index (κ2) is 6.37. The maximum atomic E-state index is 5.92. The fourth-order valence-corrected chi connectivity index (χ4v) is 2.60. The molecule has 1 aromatic heterocycles. The largest absolute Gasteiger partial charge is 0.354 e. The molecule has 0 bridgehead atoms. The normalized spacial score (nSPS) is 17.4. The number of halogens is 1. The minimum Gasteiger partial charge on any atom is -0.354 e. The lowest BCUT2D eigenvalue weighted by Gasteiger charge is -2.23. The van der Waals surface area contributed by atoms with Crippen molar-refractivity contribution in [2.75, 3.05) is 23.7 Å². The Kier molecular flexibility index (Phi) is 4.80. The third-order valence-electron chi connectivity index (χ3n) is 3.63. The van der Waals surface area contributed by atoms with Crippen molar-refractivity contribution in [2.24, 2.45) is 5.41 Å². The Balaban J connectivity index is 1.97. The fourth-order valence-electron chi connectivity index (χ4n) is 2.44. The molecule has 5 nitrogen and oxygen atoms in total. The number of nitrogens with zero attached hydrogens (tertiary/aromatic N) is 3. The molecule has 1 fully saturated rings. The summed E-state index contributed by atoms with van der Waals surface area (Å²) in [6.45, 7) is 6.12. The summed E-state index contributed by atoms with van der Waals surface area (Å²) in [5.74, 6) is 1.10. The van der Waals surface area contributed by atoms with E-state index in [0.29, 0.717) is 17.3 Å². The predicted octanol–water partition coefficient (Wildman–Crippen LogP) is 3.34. The Hall–Kier alpha value is -1.10. The second-order valence-electron chi connectivity index (χ2n) is 5.55. The standard InChI is InChI=1S/C13H22ClN5/c1-3-8-15-11-17-10(14)18-12(19-11)16-9-13(2)6-4-5-7-13/h3-9H2,1-2H3,(H2,15,16,17,18,19). The number of nitrogens with one attached hydrogen (secondary N) is 2. The SMILES string of the molecule is CCCNc1nc(Cl)nc(NCC2(C)CCCC2)n1. The lowest BCUT2D eigenvalue weighted by atomic mass is 9.89. The van der Waals surface area contributed by atoms with Gasteiger partial charge >= 0.3 is 0 Å². The zero-order valence-corrected chi connectivity index (χ0v) is 12.4. The summed E-state index contributed by atoms with van der Waals surface area (Å²) < 4.78 is 0. The van der Waals surface area contributed by atoms with E-state index in [0.717, 1.165) is 19.5 Å². The molecular formula is C13H22ClN5. The first kappa shape index (κ1) is 14.3. The molecule has 0 amide bonds. The van der Waals surface area contributed by atoms with Gasteiger partial charge in [-0.1, -0.05) is 26.7 Å². The molecule has 0 radical (unpaired) electrons. The number of rotatable bonds is 6. The molecule has 2 N–H and O–H groups in total. The third kappa shape index (κ3) is 4.20. The molecule has 106 valence electrons. The lowest BCUT2D eigenvalue weighted by Crippen LogP contribution is -2.24. The fraction of sp³-hybridized carbons (Fsp3) is 0.769. The maximum absolute atomic E-state index is 5.92. The van der Waals surface area contributed by atoms with E-state index in [1.165, 1.54) is 25.7 Å². The van der Waals surface area contributed by atoms with Gasteiger partial charge in [0.2, 0.25) is 17.2 Å². The van der Waals surface area contributed by atoms with Crippen LogP contribution < -0.4 is 10.6 Å². The van der Waals surface area contributed by atoms with Crippen LogP contribution in [0.4, 0.5) is 11.9 Å². The van der Waals surface area contributed by atoms with Gasteiger partial charge in [-0.15, -0.1) is 0 Å². The van der Waals surface area contributed by atoms with Crippen LogP contribution in [-0.4, -0.2) is 28.0 Å². The quantitative estimate of drug-likeness (QED) is 0.838. The van der Waals surface area contributed by atoms with Crippen LogP contribution in [0.1, 0.15) is 46.0 Å². The molecular weight excluding hydrogens is 262 g/mol. The third-order valence-corrected chi connectivity index (χ3v) is 3.79. The molecule has 0 saturated heterocycles. The monoisotopic (exact) mass is 283 g/mol. The zero-order valence-electron chi connectivity index (χ0n) is 11.7. The Morgan fingerprint density at radius 1 is 1.11 bits per heavy atom. The highest BCUT2D eigenvalue weighted by Gasteiger charge is 2.28. The topological polar surface area (TPSA) is 62.7 Å². The summed E-state index contributed by atoms with van der Waals surface area (Å²) in [5.41, 5.74) is 0.357. The van der Waals surface area contributed by atoms with E-state index in [9.17, 15) is 0 Å². The van der Waals surface area contributed by atoms with Gasteiger partial charge in [0.15, 0.2) is 0 Å². The first-order valence-electron chi connectivity index (χ1n) is 7.01. The van der Waals surface area contributed by atoms with Crippen LogP contribution in [0.25, 0.3) is 0 Å². The summed E-state index contributed by atoms with van der Waals surface area (Å²) in [5, 5.41) is 6.65. The van der Waals surface area contributed by atoms with Crippen LogP contribution in [0, 0.1) is 5.41 Å². The van der Waals surface area contributed by atoms with Crippen LogP contribution in [0.3, 0.4) is 0 Å². The highest BCUT2D eigenvalue weighted by atomic mass is 35.5. The van der Waals surface area contributed by atoms with E-state index in [1.54, 1.807) is 0 Å². The zero-order chi connectivity index (χ0) is 13.7. The molecule has 0 aliphatic heterocycles. The molecule has 1 aromatic rings. The molecule has 0 unspecified atom stereocenters. The average Bonchev–Trinajstić information content (AvgIpc) is 2.81. The Morgan fingerprint density at radius 2 is 1.74 bits per heavy atom. The average molecular weight is 284 g/mol.